The van der Waals surface area contributed by atoms with E-state index in [4.69, 9.17) is 9.97 Å². The summed E-state index contributed by atoms with van der Waals surface area (Å²) >= 11 is 0. The monoisotopic (exact) mass is 525 g/mol. The third-order valence-electron chi connectivity index (χ3n) is 8.26. The van der Waals surface area contributed by atoms with Gasteiger partial charge in [-0.25, -0.2) is 19.3 Å². The van der Waals surface area contributed by atoms with Crippen molar-refractivity contribution >= 4 is 22.7 Å². The maximum atomic E-state index is 13.2. The fraction of sp³-hybridized carbons (Fsp3) is 0.400. The zero-order valence-corrected chi connectivity index (χ0v) is 22.5. The second-order valence-electron chi connectivity index (χ2n) is 10.9. The highest BCUT2D eigenvalue weighted by Crippen LogP contribution is 2.35. The van der Waals surface area contributed by atoms with Crippen LogP contribution in [0.5, 0.6) is 0 Å². The molecule has 39 heavy (non-hydrogen) atoms. The van der Waals surface area contributed by atoms with E-state index in [2.05, 4.69) is 60.1 Å². The Morgan fingerprint density at radius 1 is 1.08 bits per heavy atom. The largest absolute Gasteiger partial charge is 0.387 e. The Labute approximate surface area is 227 Å². The molecule has 1 fully saturated rings. The zero-order chi connectivity index (χ0) is 27.1. The summed E-state index contributed by atoms with van der Waals surface area (Å²) in [6, 6.07) is 13.0. The van der Waals surface area contributed by atoms with Crippen LogP contribution in [0.1, 0.15) is 60.9 Å². The SMILES string of the molecule is C=CCn1c(=O)c2cnc(Nc3ccc(C4CCC(N(C)C)CC4)cc3)nc2n1-c1ccc2c(n1)C(O)CC2. The molecule has 2 aliphatic carbocycles. The molecule has 1 unspecified atom stereocenters. The van der Waals surface area contributed by atoms with Crippen LogP contribution < -0.4 is 10.9 Å². The van der Waals surface area contributed by atoms with E-state index in [9.17, 15) is 9.90 Å². The molecule has 1 saturated carbocycles. The lowest BCUT2D eigenvalue weighted by Gasteiger charge is -2.32. The molecule has 9 nitrogen and oxygen atoms in total. The fourth-order valence-corrected chi connectivity index (χ4v) is 6.04. The predicted molar refractivity (Wildman–Crippen MR) is 153 cm³/mol. The maximum absolute atomic E-state index is 13.2. The molecule has 3 aromatic heterocycles. The van der Waals surface area contributed by atoms with Crippen molar-refractivity contribution < 1.29 is 5.11 Å². The van der Waals surface area contributed by atoms with Gasteiger partial charge in [0.1, 0.15) is 5.39 Å². The first-order valence-corrected chi connectivity index (χ1v) is 13.7. The molecule has 9 heteroatoms. The number of benzene rings is 1. The quantitative estimate of drug-likeness (QED) is 0.343. The minimum Gasteiger partial charge on any atom is -0.387 e. The van der Waals surface area contributed by atoms with Gasteiger partial charge in [-0.1, -0.05) is 24.3 Å². The van der Waals surface area contributed by atoms with Gasteiger partial charge in [0.05, 0.1) is 18.3 Å². The molecule has 3 heterocycles. The molecule has 0 bridgehead atoms. The lowest BCUT2D eigenvalue weighted by Crippen LogP contribution is -2.31. The Morgan fingerprint density at radius 2 is 1.85 bits per heavy atom. The average Bonchev–Trinajstić information content (AvgIpc) is 3.45. The number of nitrogens with one attached hydrogen (secondary N) is 1. The van der Waals surface area contributed by atoms with Crippen LogP contribution in [0.2, 0.25) is 0 Å². The molecule has 0 radical (unpaired) electrons. The first-order valence-electron chi connectivity index (χ1n) is 13.7. The number of aliphatic hydroxyl groups excluding tert-OH is 1. The van der Waals surface area contributed by atoms with Crippen LogP contribution >= 0.6 is 0 Å². The van der Waals surface area contributed by atoms with Crippen molar-refractivity contribution in [3.8, 4) is 5.82 Å². The van der Waals surface area contributed by atoms with E-state index < -0.39 is 6.10 Å². The second kappa shape index (κ2) is 10.4. The van der Waals surface area contributed by atoms with Crippen LogP contribution in [0.4, 0.5) is 11.6 Å². The first kappa shape index (κ1) is 25.5. The molecular weight excluding hydrogens is 490 g/mol. The summed E-state index contributed by atoms with van der Waals surface area (Å²) < 4.78 is 3.25. The van der Waals surface area contributed by atoms with E-state index in [-0.39, 0.29) is 12.1 Å². The molecule has 0 amide bonds. The Hall–Kier alpha value is -3.82. The summed E-state index contributed by atoms with van der Waals surface area (Å²) in [5, 5.41) is 14.1. The molecule has 0 aliphatic heterocycles. The Morgan fingerprint density at radius 3 is 2.56 bits per heavy atom. The summed E-state index contributed by atoms with van der Waals surface area (Å²) in [6.07, 6.45) is 8.96. The van der Waals surface area contributed by atoms with Crippen LogP contribution in [0.25, 0.3) is 16.9 Å². The van der Waals surface area contributed by atoms with Crippen LogP contribution in [0, 0.1) is 0 Å². The molecule has 2 N–H and O–H groups in total. The van der Waals surface area contributed by atoms with Gasteiger partial charge in [0.15, 0.2) is 11.5 Å². The summed E-state index contributed by atoms with van der Waals surface area (Å²) in [4.78, 5) is 29.5. The third kappa shape index (κ3) is 4.77. The van der Waals surface area contributed by atoms with Crippen LogP contribution in [-0.4, -0.2) is 54.5 Å². The van der Waals surface area contributed by atoms with Gasteiger partial charge in [-0.05, 0) is 87.9 Å². The zero-order valence-electron chi connectivity index (χ0n) is 22.5. The summed E-state index contributed by atoms with van der Waals surface area (Å²) in [7, 11) is 4.34. The lowest BCUT2D eigenvalue weighted by molar-refractivity contribution is 0.175. The number of allylic oxidation sites excluding steroid dienone is 1. The lowest BCUT2D eigenvalue weighted by atomic mass is 9.81. The van der Waals surface area contributed by atoms with Crippen LogP contribution in [0.3, 0.4) is 0 Å². The number of aromatic nitrogens is 5. The van der Waals surface area contributed by atoms with Gasteiger partial charge < -0.3 is 15.3 Å². The minimum atomic E-state index is -0.598. The average molecular weight is 526 g/mol. The third-order valence-corrected chi connectivity index (χ3v) is 8.26. The number of pyridine rings is 1. The molecular formula is C30H35N7O2. The van der Waals surface area contributed by atoms with Crippen LogP contribution in [0.15, 0.2) is 60.0 Å². The highest BCUT2D eigenvalue weighted by Gasteiger charge is 2.25. The number of aliphatic hydroxyl groups is 1. The highest BCUT2D eigenvalue weighted by atomic mass is 16.3. The number of anilines is 2. The number of hydrogen-bond donors (Lipinski definition) is 2. The minimum absolute atomic E-state index is 0.215. The molecule has 0 saturated heterocycles. The molecule has 0 spiro atoms. The molecule has 2 aliphatic rings. The number of fused-ring (bicyclic) bond motifs is 2. The molecule has 4 aromatic rings. The van der Waals surface area contributed by atoms with E-state index in [0.717, 1.165) is 17.7 Å². The first-order chi connectivity index (χ1) is 18.9. The fourth-order valence-electron chi connectivity index (χ4n) is 6.04. The standard InChI is InChI=1S/C30H35N7O2/c1-4-17-36-29(39)24-18-31-30(34-28(24)37(36)26-16-10-21-9-15-25(38)27(21)33-26)32-22-11-5-19(6-12-22)20-7-13-23(14-8-20)35(2)3/h4-6,10-12,16,18,20,23,25,38H,1,7-9,13-15,17H2,2-3H3,(H,31,32,34). The smallest absolute Gasteiger partial charge is 0.278 e. The Kier molecular flexibility index (Phi) is 6.78. The van der Waals surface area contributed by atoms with Crippen molar-refractivity contribution in [1.29, 1.82) is 0 Å². The summed E-state index contributed by atoms with van der Waals surface area (Å²) in [5.74, 6) is 1.52. The molecule has 202 valence electrons. The van der Waals surface area contributed by atoms with E-state index in [1.165, 1.54) is 31.2 Å². The van der Waals surface area contributed by atoms with Gasteiger partial charge in [-0.2, -0.15) is 4.98 Å². The summed E-state index contributed by atoms with van der Waals surface area (Å²) in [5.41, 5.74) is 4.19. The molecule has 1 atom stereocenters. The van der Waals surface area contributed by atoms with Gasteiger partial charge in [-0.3, -0.25) is 4.79 Å². The Balaban J connectivity index is 1.29. The van der Waals surface area contributed by atoms with Gasteiger partial charge in [-0.15, -0.1) is 6.58 Å². The maximum Gasteiger partial charge on any atom is 0.278 e. The van der Waals surface area contributed by atoms with Crippen LogP contribution in [-0.2, 0) is 13.0 Å². The topological polar surface area (TPSA) is 101 Å². The number of rotatable bonds is 7. The van der Waals surface area contributed by atoms with E-state index in [0.29, 0.717) is 46.9 Å². The normalized spacial score (nSPS) is 20.9. The van der Waals surface area contributed by atoms with Crippen molar-refractivity contribution in [2.75, 3.05) is 19.4 Å². The summed E-state index contributed by atoms with van der Waals surface area (Å²) in [6.45, 7) is 4.10. The number of hydrogen-bond acceptors (Lipinski definition) is 7. The second-order valence-corrected chi connectivity index (χ2v) is 10.9. The van der Waals surface area contributed by atoms with E-state index in [1.54, 1.807) is 21.6 Å². The van der Waals surface area contributed by atoms with Gasteiger partial charge in [0, 0.05) is 17.9 Å². The van der Waals surface area contributed by atoms with Crippen molar-refractivity contribution in [2.45, 2.75) is 63.1 Å². The van der Waals surface area contributed by atoms with Gasteiger partial charge in [0.2, 0.25) is 5.95 Å². The van der Waals surface area contributed by atoms with E-state index >= 15 is 0 Å². The van der Waals surface area contributed by atoms with Crippen molar-refractivity contribution in [2.24, 2.45) is 0 Å². The van der Waals surface area contributed by atoms with Crippen molar-refractivity contribution in [3.05, 3.63) is 82.4 Å². The molecule has 1 aromatic carbocycles. The predicted octanol–water partition coefficient (Wildman–Crippen LogP) is 4.47. The van der Waals surface area contributed by atoms with Gasteiger partial charge in [0.25, 0.3) is 5.56 Å². The highest BCUT2D eigenvalue weighted by molar-refractivity contribution is 5.77. The number of nitrogens with zero attached hydrogens (tertiary/aromatic N) is 6. The molecule has 6 rings (SSSR count). The van der Waals surface area contributed by atoms with Crippen molar-refractivity contribution in [1.82, 2.24) is 29.2 Å². The van der Waals surface area contributed by atoms with Gasteiger partial charge >= 0.3 is 0 Å². The van der Waals surface area contributed by atoms with E-state index in [1.807, 2.05) is 12.1 Å². The number of aryl methyl sites for hydroxylation is 1. The Bertz CT molecular complexity index is 1560. The van der Waals surface area contributed by atoms with Crippen molar-refractivity contribution in [3.63, 3.8) is 0 Å².